The summed E-state index contributed by atoms with van der Waals surface area (Å²) in [6, 6.07) is 7.99. The average Bonchev–Trinajstić information content (AvgIpc) is 2.64. The Morgan fingerprint density at radius 1 is 1.29 bits per heavy atom. The van der Waals surface area contributed by atoms with Gasteiger partial charge in [0.2, 0.25) is 0 Å². The molecule has 0 amide bonds. The van der Waals surface area contributed by atoms with Crippen LogP contribution in [0.1, 0.15) is 22.1 Å². The number of hydrogen-bond donors (Lipinski definition) is 1. The lowest BCUT2D eigenvalue weighted by Crippen LogP contribution is -2.03. The van der Waals surface area contributed by atoms with Gasteiger partial charge in [-0.25, -0.2) is 0 Å². The molecule has 1 heterocycles. The molecule has 0 aliphatic carbocycles. The first kappa shape index (κ1) is 13.3. The second-order valence-electron chi connectivity index (χ2n) is 3.91. The molecule has 0 spiro atoms. The zero-order chi connectivity index (χ0) is 12.4. The van der Waals surface area contributed by atoms with E-state index in [2.05, 4.69) is 31.9 Å². The van der Waals surface area contributed by atoms with Crippen LogP contribution in [0, 0.1) is 6.92 Å². The summed E-state index contributed by atoms with van der Waals surface area (Å²) >= 11 is 8.59. The fourth-order valence-corrected chi connectivity index (χ4v) is 3.80. The van der Waals surface area contributed by atoms with Crippen molar-refractivity contribution in [2.45, 2.75) is 19.4 Å². The second-order valence-corrected chi connectivity index (χ2v) is 6.68. The topological polar surface area (TPSA) is 20.2 Å². The first-order chi connectivity index (χ1) is 8.08. The van der Waals surface area contributed by atoms with Crippen molar-refractivity contribution in [1.82, 2.24) is 0 Å². The molecule has 1 atom stereocenters. The minimum atomic E-state index is -0.446. The lowest BCUT2D eigenvalue weighted by molar-refractivity contribution is 0.178. The van der Waals surface area contributed by atoms with Crippen molar-refractivity contribution in [3.05, 3.63) is 54.6 Å². The minimum absolute atomic E-state index is 0.446. The molecule has 1 aromatic heterocycles. The van der Waals surface area contributed by atoms with Crippen LogP contribution in [0.5, 0.6) is 0 Å². The van der Waals surface area contributed by atoms with Crippen LogP contribution in [0.15, 0.2) is 38.6 Å². The molecule has 0 aliphatic heterocycles. The van der Waals surface area contributed by atoms with Crippen molar-refractivity contribution in [1.29, 1.82) is 0 Å². The van der Waals surface area contributed by atoms with Gasteiger partial charge < -0.3 is 5.11 Å². The highest BCUT2D eigenvalue weighted by Crippen LogP contribution is 2.30. The van der Waals surface area contributed by atoms with Gasteiger partial charge in [-0.15, -0.1) is 11.3 Å². The van der Waals surface area contributed by atoms with Crippen molar-refractivity contribution < 1.29 is 5.11 Å². The van der Waals surface area contributed by atoms with E-state index < -0.39 is 6.10 Å². The number of thiophene rings is 1. The summed E-state index contributed by atoms with van der Waals surface area (Å²) in [6.07, 6.45) is 0.207. The molecule has 0 radical (unpaired) electrons. The predicted octanol–water partition coefficient (Wildman–Crippen LogP) is 4.86. The molecular formula is C13H12Br2OS. The normalized spacial score (nSPS) is 12.7. The first-order valence-electron chi connectivity index (χ1n) is 5.24. The van der Waals surface area contributed by atoms with Gasteiger partial charge in [0.1, 0.15) is 0 Å². The molecule has 0 saturated heterocycles. The number of rotatable bonds is 3. The smallest absolute Gasteiger partial charge is 0.0841 e. The Hall–Kier alpha value is -0.160. The third kappa shape index (κ3) is 3.19. The Kier molecular flexibility index (Phi) is 4.42. The summed E-state index contributed by atoms with van der Waals surface area (Å²) in [5, 5.41) is 12.3. The third-order valence-corrected chi connectivity index (χ3v) is 5.10. The highest BCUT2D eigenvalue weighted by atomic mass is 79.9. The van der Waals surface area contributed by atoms with Crippen molar-refractivity contribution in [2.24, 2.45) is 0 Å². The van der Waals surface area contributed by atoms with Crippen LogP contribution < -0.4 is 0 Å². The van der Waals surface area contributed by atoms with Crippen molar-refractivity contribution in [3.8, 4) is 0 Å². The molecule has 2 rings (SSSR count). The van der Waals surface area contributed by atoms with E-state index in [1.54, 1.807) is 11.3 Å². The van der Waals surface area contributed by atoms with Crippen LogP contribution in [0.25, 0.3) is 0 Å². The standard InChI is InChI=1S/C13H12Br2OS/c1-8-6-9(14)2-3-10(8)12(16)7-13-11(15)4-5-17-13/h2-6,12,16H,7H2,1H3. The number of benzene rings is 1. The molecule has 90 valence electrons. The first-order valence-corrected chi connectivity index (χ1v) is 7.70. The number of aryl methyl sites for hydroxylation is 1. The molecule has 0 fully saturated rings. The Morgan fingerprint density at radius 3 is 2.65 bits per heavy atom. The third-order valence-electron chi connectivity index (χ3n) is 2.66. The number of hydrogen-bond acceptors (Lipinski definition) is 2. The van der Waals surface area contributed by atoms with Crippen molar-refractivity contribution in [2.75, 3.05) is 0 Å². The second kappa shape index (κ2) is 5.65. The van der Waals surface area contributed by atoms with Crippen molar-refractivity contribution >= 4 is 43.2 Å². The van der Waals surface area contributed by atoms with Crippen LogP contribution in [-0.2, 0) is 6.42 Å². The predicted molar refractivity (Wildman–Crippen MR) is 79.6 cm³/mol. The Balaban J connectivity index is 2.20. The highest BCUT2D eigenvalue weighted by Gasteiger charge is 2.13. The van der Waals surface area contributed by atoms with Crippen LogP contribution in [0.2, 0.25) is 0 Å². The fourth-order valence-electron chi connectivity index (χ4n) is 1.77. The summed E-state index contributed by atoms with van der Waals surface area (Å²) < 4.78 is 2.12. The summed E-state index contributed by atoms with van der Waals surface area (Å²) in [5.41, 5.74) is 2.10. The summed E-state index contributed by atoms with van der Waals surface area (Å²) in [7, 11) is 0. The zero-order valence-corrected chi connectivity index (χ0v) is 13.3. The minimum Gasteiger partial charge on any atom is -0.388 e. The van der Waals surface area contributed by atoms with E-state index in [1.165, 1.54) is 4.88 Å². The van der Waals surface area contributed by atoms with Gasteiger partial charge in [-0.05, 0) is 57.6 Å². The molecule has 1 aromatic carbocycles. The largest absolute Gasteiger partial charge is 0.388 e. The maximum atomic E-state index is 10.3. The van der Waals surface area contributed by atoms with Gasteiger partial charge >= 0.3 is 0 Å². The molecule has 4 heteroatoms. The molecule has 0 bridgehead atoms. The van der Waals surface area contributed by atoms with E-state index in [0.717, 1.165) is 20.1 Å². The molecular weight excluding hydrogens is 364 g/mol. The van der Waals surface area contributed by atoms with E-state index >= 15 is 0 Å². The van der Waals surface area contributed by atoms with Crippen LogP contribution in [0.4, 0.5) is 0 Å². The Bertz CT molecular complexity index is 522. The molecule has 1 N–H and O–H groups in total. The number of halogens is 2. The number of aliphatic hydroxyl groups is 1. The van der Waals surface area contributed by atoms with Gasteiger partial charge in [-0.2, -0.15) is 0 Å². The van der Waals surface area contributed by atoms with E-state index in [1.807, 2.05) is 36.6 Å². The number of aliphatic hydroxyl groups excluding tert-OH is 1. The summed E-state index contributed by atoms with van der Waals surface area (Å²) in [6.45, 7) is 2.02. The monoisotopic (exact) mass is 374 g/mol. The van der Waals surface area contributed by atoms with Crippen LogP contribution >= 0.6 is 43.2 Å². The fraction of sp³-hybridized carbons (Fsp3) is 0.231. The molecule has 2 aromatic rings. The van der Waals surface area contributed by atoms with Gasteiger partial charge in [0, 0.05) is 20.2 Å². The quantitative estimate of drug-likeness (QED) is 0.812. The van der Waals surface area contributed by atoms with Gasteiger partial charge in [0.15, 0.2) is 0 Å². The summed E-state index contributed by atoms with van der Waals surface area (Å²) in [4.78, 5) is 1.18. The maximum absolute atomic E-state index is 10.3. The van der Waals surface area contributed by atoms with Gasteiger partial charge in [0.05, 0.1) is 6.10 Å². The molecule has 0 aliphatic rings. The van der Waals surface area contributed by atoms with E-state index in [4.69, 9.17) is 0 Å². The molecule has 1 unspecified atom stereocenters. The van der Waals surface area contributed by atoms with Gasteiger partial charge in [0.25, 0.3) is 0 Å². The van der Waals surface area contributed by atoms with E-state index in [0.29, 0.717) is 6.42 Å². The maximum Gasteiger partial charge on any atom is 0.0841 e. The zero-order valence-electron chi connectivity index (χ0n) is 9.28. The van der Waals surface area contributed by atoms with E-state index in [-0.39, 0.29) is 0 Å². The van der Waals surface area contributed by atoms with Crippen molar-refractivity contribution in [3.63, 3.8) is 0 Å². The lowest BCUT2D eigenvalue weighted by atomic mass is 10.0. The highest BCUT2D eigenvalue weighted by molar-refractivity contribution is 9.10. The average molecular weight is 376 g/mol. The van der Waals surface area contributed by atoms with Gasteiger partial charge in [-0.1, -0.05) is 22.0 Å². The molecule has 0 saturated carbocycles. The lowest BCUT2D eigenvalue weighted by Gasteiger charge is -2.13. The van der Waals surface area contributed by atoms with Crippen LogP contribution in [-0.4, -0.2) is 5.11 Å². The summed E-state index contributed by atoms with van der Waals surface area (Å²) in [5.74, 6) is 0. The molecule has 1 nitrogen and oxygen atoms in total. The molecule has 17 heavy (non-hydrogen) atoms. The van der Waals surface area contributed by atoms with Crippen LogP contribution in [0.3, 0.4) is 0 Å². The van der Waals surface area contributed by atoms with E-state index in [9.17, 15) is 5.11 Å². The SMILES string of the molecule is Cc1cc(Br)ccc1C(O)Cc1sccc1Br. The Labute approximate surface area is 122 Å². The van der Waals surface area contributed by atoms with Gasteiger partial charge in [-0.3, -0.25) is 0 Å². The Morgan fingerprint density at radius 2 is 2.06 bits per heavy atom.